The van der Waals surface area contributed by atoms with Crippen molar-refractivity contribution in [2.45, 2.75) is 19.9 Å². The zero-order chi connectivity index (χ0) is 14.8. The monoisotopic (exact) mass is 301 g/mol. The number of pyridine rings is 1. The van der Waals surface area contributed by atoms with Gasteiger partial charge in [0.2, 0.25) is 0 Å². The number of hydrogen-bond donors (Lipinski definition) is 1. The first kappa shape index (κ1) is 14.0. The second-order valence-corrected chi connectivity index (χ2v) is 6.13. The lowest BCUT2D eigenvalue weighted by Gasteiger charge is -2.17. The summed E-state index contributed by atoms with van der Waals surface area (Å²) >= 11 is 1.68. The molecule has 0 aliphatic carbocycles. The number of nitrogens with two attached hydrogens (primary N) is 1. The van der Waals surface area contributed by atoms with Crippen molar-refractivity contribution in [2.24, 2.45) is 5.73 Å². The van der Waals surface area contributed by atoms with Crippen molar-refractivity contribution in [1.29, 1.82) is 0 Å². The second-order valence-electron chi connectivity index (χ2n) is 5.06. The minimum atomic E-state index is 0.610. The highest BCUT2D eigenvalue weighted by Crippen LogP contribution is 2.23. The fourth-order valence-electron chi connectivity index (χ4n) is 2.51. The number of nitrogens with zero attached hydrogens (tertiary/aromatic N) is 4. The lowest BCUT2D eigenvalue weighted by atomic mass is 10.3. The topological polar surface area (TPSA) is 59.5 Å². The van der Waals surface area contributed by atoms with Crippen molar-refractivity contribution in [2.75, 3.05) is 18.5 Å². The van der Waals surface area contributed by atoms with Gasteiger partial charge in [0.25, 0.3) is 0 Å². The first-order valence-corrected chi connectivity index (χ1v) is 7.85. The van der Waals surface area contributed by atoms with Crippen LogP contribution in [0.3, 0.4) is 0 Å². The molecule has 5 nitrogen and oxygen atoms in total. The fraction of sp³-hybridized carbons (Fsp3) is 0.333. The molecule has 0 saturated carbocycles. The minimum Gasteiger partial charge on any atom is -0.352 e. The van der Waals surface area contributed by atoms with Crippen molar-refractivity contribution < 1.29 is 0 Å². The number of aryl methyl sites for hydroxylation is 1. The van der Waals surface area contributed by atoms with E-state index in [-0.39, 0.29) is 0 Å². The maximum atomic E-state index is 5.77. The zero-order valence-corrected chi connectivity index (χ0v) is 13.1. The summed E-state index contributed by atoms with van der Waals surface area (Å²) in [6, 6.07) is 6.04. The number of imidazole rings is 1. The summed E-state index contributed by atoms with van der Waals surface area (Å²) in [5.74, 6) is 0.984. The first-order valence-electron chi connectivity index (χ1n) is 6.97. The van der Waals surface area contributed by atoms with E-state index < -0.39 is 0 Å². The van der Waals surface area contributed by atoms with E-state index in [0.717, 1.165) is 40.8 Å². The van der Waals surface area contributed by atoms with E-state index in [9.17, 15) is 0 Å². The fourth-order valence-corrected chi connectivity index (χ4v) is 3.11. The van der Waals surface area contributed by atoms with Gasteiger partial charge >= 0.3 is 0 Å². The Morgan fingerprint density at radius 1 is 1.33 bits per heavy atom. The van der Waals surface area contributed by atoms with Crippen molar-refractivity contribution in [3.63, 3.8) is 0 Å². The molecule has 0 aliphatic heterocycles. The third-order valence-corrected chi connectivity index (χ3v) is 4.24. The zero-order valence-electron chi connectivity index (χ0n) is 12.3. The molecule has 110 valence electrons. The maximum absolute atomic E-state index is 5.77. The van der Waals surface area contributed by atoms with Gasteiger partial charge in [-0.15, -0.1) is 11.3 Å². The van der Waals surface area contributed by atoms with Crippen molar-refractivity contribution in [1.82, 2.24) is 14.4 Å². The molecule has 0 fully saturated rings. The Morgan fingerprint density at radius 3 is 2.90 bits per heavy atom. The molecule has 0 bridgehead atoms. The Morgan fingerprint density at radius 2 is 2.19 bits per heavy atom. The van der Waals surface area contributed by atoms with Crippen LogP contribution in [0.2, 0.25) is 0 Å². The third-order valence-electron chi connectivity index (χ3n) is 3.42. The highest BCUT2D eigenvalue weighted by atomic mass is 32.1. The van der Waals surface area contributed by atoms with Crippen LogP contribution in [-0.4, -0.2) is 28.0 Å². The molecule has 3 heterocycles. The summed E-state index contributed by atoms with van der Waals surface area (Å²) in [5, 5.41) is 3.19. The van der Waals surface area contributed by atoms with Crippen LogP contribution in [0.5, 0.6) is 0 Å². The number of anilines is 1. The lowest BCUT2D eigenvalue weighted by molar-refractivity contribution is 0.843. The molecular formula is C15H19N5S. The van der Waals surface area contributed by atoms with E-state index in [1.54, 1.807) is 11.3 Å². The standard InChI is InChI=1S/C15H19N5S/c1-11-17-12(10-21-11)9-19(2)15-13(6-7-16)20-8-4-3-5-14(20)18-15/h3-5,8,10H,6-7,9,16H2,1-2H3. The van der Waals surface area contributed by atoms with Gasteiger partial charge in [-0.05, 0) is 25.6 Å². The molecule has 0 unspecified atom stereocenters. The summed E-state index contributed by atoms with van der Waals surface area (Å²) in [4.78, 5) is 11.4. The van der Waals surface area contributed by atoms with Crippen molar-refractivity contribution >= 4 is 22.8 Å². The van der Waals surface area contributed by atoms with Gasteiger partial charge in [0.05, 0.1) is 22.9 Å². The Balaban J connectivity index is 1.96. The average molecular weight is 301 g/mol. The van der Waals surface area contributed by atoms with Gasteiger partial charge in [0, 0.05) is 25.0 Å². The van der Waals surface area contributed by atoms with Gasteiger partial charge in [0.1, 0.15) is 5.65 Å². The molecule has 0 atom stereocenters. The predicted molar refractivity (Wildman–Crippen MR) is 86.9 cm³/mol. The van der Waals surface area contributed by atoms with E-state index in [2.05, 4.69) is 26.7 Å². The number of hydrogen-bond acceptors (Lipinski definition) is 5. The molecule has 0 radical (unpaired) electrons. The largest absolute Gasteiger partial charge is 0.352 e. The van der Waals surface area contributed by atoms with Gasteiger partial charge in [-0.2, -0.15) is 0 Å². The predicted octanol–water partition coefficient (Wildman–Crippen LogP) is 2.24. The smallest absolute Gasteiger partial charge is 0.151 e. The number of thiazole rings is 1. The van der Waals surface area contributed by atoms with Crippen LogP contribution in [0.1, 0.15) is 16.4 Å². The van der Waals surface area contributed by atoms with Crippen LogP contribution in [-0.2, 0) is 13.0 Å². The van der Waals surface area contributed by atoms with Crippen LogP contribution in [0, 0.1) is 6.92 Å². The number of fused-ring (bicyclic) bond motifs is 1. The third kappa shape index (κ3) is 2.77. The molecule has 3 rings (SSSR count). The maximum Gasteiger partial charge on any atom is 0.151 e. The molecule has 3 aromatic heterocycles. The van der Waals surface area contributed by atoms with E-state index in [4.69, 9.17) is 10.7 Å². The van der Waals surface area contributed by atoms with E-state index in [1.165, 1.54) is 0 Å². The van der Waals surface area contributed by atoms with Crippen LogP contribution in [0.15, 0.2) is 29.8 Å². The summed E-state index contributed by atoms with van der Waals surface area (Å²) in [5.41, 5.74) is 8.96. The van der Waals surface area contributed by atoms with Gasteiger partial charge in [-0.25, -0.2) is 9.97 Å². The molecule has 0 saturated heterocycles. The molecule has 0 amide bonds. The molecule has 0 spiro atoms. The molecule has 21 heavy (non-hydrogen) atoms. The minimum absolute atomic E-state index is 0.610. The van der Waals surface area contributed by atoms with Crippen LogP contribution >= 0.6 is 11.3 Å². The summed E-state index contributed by atoms with van der Waals surface area (Å²) < 4.78 is 2.12. The molecular weight excluding hydrogens is 282 g/mol. The van der Waals surface area contributed by atoms with E-state index >= 15 is 0 Å². The lowest BCUT2D eigenvalue weighted by Crippen LogP contribution is -2.19. The number of aromatic nitrogens is 3. The van der Waals surface area contributed by atoms with E-state index in [1.807, 2.05) is 31.3 Å². The van der Waals surface area contributed by atoms with Crippen molar-refractivity contribution in [3.8, 4) is 0 Å². The van der Waals surface area contributed by atoms with Gasteiger partial charge in [-0.3, -0.25) is 0 Å². The highest BCUT2D eigenvalue weighted by molar-refractivity contribution is 7.09. The van der Waals surface area contributed by atoms with Gasteiger partial charge < -0.3 is 15.0 Å². The Bertz CT molecular complexity index is 745. The highest BCUT2D eigenvalue weighted by Gasteiger charge is 2.15. The summed E-state index contributed by atoms with van der Waals surface area (Å²) in [6.07, 6.45) is 2.85. The molecule has 0 aromatic carbocycles. The van der Waals surface area contributed by atoms with Crippen LogP contribution in [0.25, 0.3) is 5.65 Å². The van der Waals surface area contributed by atoms with Crippen molar-refractivity contribution in [3.05, 3.63) is 46.2 Å². The van der Waals surface area contributed by atoms with Crippen LogP contribution < -0.4 is 10.6 Å². The quantitative estimate of drug-likeness (QED) is 0.785. The molecule has 2 N–H and O–H groups in total. The normalized spacial score (nSPS) is 11.2. The van der Waals surface area contributed by atoms with Gasteiger partial charge in [-0.1, -0.05) is 6.07 Å². The van der Waals surface area contributed by atoms with E-state index in [0.29, 0.717) is 6.54 Å². The average Bonchev–Trinajstić information content (AvgIpc) is 3.04. The summed E-state index contributed by atoms with van der Waals surface area (Å²) in [6.45, 7) is 3.39. The van der Waals surface area contributed by atoms with Crippen LogP contribution in [0.4, 0.5) is 5.82 Å². The first-order chi connectivity index (χ1) is 10.2. The Labute approximate surface area is 128 Å². The van der Waals surface area contributed by atoms with Gasteiger partial charge in [0.15, 0.2) is 5.82 Å². The number of rotatable bonds is 5. The Hall–Kier alpha value is -1.92. The molecule has 3 aromatic rings. The second kappa shape index (κ2) is 5.83. The molecule has 6 heteroatoms. The summed E-state index contributed by atoms with van der Waals surface area (Å²) in [7, 11) is 2.05. The molecule has 0 aliphatic rings. The Kier molecular flexibility index (Phi) is 3.90. The SMILES string of the molecule is Cc1nc(CN(C)c2nc3ccccn3c2CCN)cs1.